The summed E-state index contributed by atoms with van der Waals surface area (Å²) in [6.45, 7) is 11.4. The summed E-state index contributed by atoms with van der Waals surface area (Å²) in [7, 11) is 1.69. The zero-order valence-electron chi connectivity index (χ0n) is 6.14. The standard InChI is InChI=1S/C7H12INS/c1-4-5-9(10-8)6-7(2)3/h4H,1-2,5-6H2,3H3. The van der Waals surface area contributed by atoms with Gasteiger partial charge in [0.1, 0.15) is 0 Å². The fourth-order valence-electron chi connectivity index (χ4n) is 0.562. The Kier molecular flexibility index (Phi) is 6.57. The molecule has 0 radical (unpaired) electrons. The normalized spacial score (nSPS) is 9.90. The first-order valence-electron chi connectivity index (χ1n) is 2.99. The molecular formula is C7H12INS. The van der Waals surface area contributed by atoms with Gasteiger partial charge in [-0.05, 0) is 16.0 Å². The second-order valence-corrected chi connectivity index (χ2v) is 3.97. The second kappa shape index (κ2) is 6.24. The molecule has 0 aromatic rings. The molecule has 0 saturated carbocycles. The van der Waals surface area contributed by atoms with Crippen molar-refractivity contribution in [3.63, 3.8) is 0 Å². The fraction of sp³-hybridized carbons (Fsp3) is 0.429. The summed E-state index contributed by atoms with van der Waals surface area (Å²) >= 11 is 2.26. The van der Waals surface area contributed by atoms with Gasteiger partial charge in [-0.15, -0.1) is 6.58 Å². The number of rotatable bonds is 5. The minimum Gasteiger partial charge on any atom is -0.234 e. The zero-order chi connectivity index (χ0) is 7.98. The molecule has 58 valence electrons. The van der Waals surface area contributed by atoms with Gasteiger partial charge >= 0.3 is 0 Å². The molecule has 0 rings (SSSR count). The molecule has 0 aromatic carbocycles. The molecule has 1 nitrogen and oxygen atoms in total. The number of halogens is 1. The van der Waals surface area contributed by atoms with E-state index in [1.165, 1.54) is 5.57 Å². The van der Waals surface area contributed by atoms with Gasteiger partial charge in [0.25, 0.3) is 0 Å². The van der Waals surface area contributed by atoms with E-state index in [1.54, 1.807) is 9.12 Å². The Morgan fingerprint density at radius 1 is 1.80 bits per heavy atom. The van der Waals surface area contributed by atoms with Crippen molar-refractivity contribution in [3.8, 4) is 0 Å². The smallest absolute Gasteiger partial charge is 0.0305 e. The maximum absolute atomic E-state index is 3.83. The monoisotopic (exact) mass is 269 g/mol. The molecule has 0 saturated heterocycles. The van der Waals surface area contributed by atoms with Crippen molar-refractivity contribution in [2.75, 3.05) is 13.1 Å². The summed E-state index contributed by atoms with van der Waals surface area (Å²) in [4.78, 5) is 0. The molecule has 0 heterocycles. The highest BCUT2D eigenvalue weighted by molar-refractivity contribution is 14.2. The van der Waals surface area contributed by atoms with Crippen molar-refractivity contribution in [3.05, 3.63) is 24.8 Å². The molecule has 10 heavy (non-hydrogen) atoms. The van der Waals surface area contributed by atoms with Crippen LogP contribution in [-0.2, 0) is 0 Å². The van der Waals surface area contributed by atoms with Crippen LogP contribution >= 0.6 is 30.3 Å². The summed E-state index contributed by atoms with van der Waals surface area (Å²) in [5, 5.41) is 0. The van der Waals surface area contributed by atoms with Crippen LogP contribution in [-0.4, -0.2) is 17.4 Å². The van der Waals surface area contributed by atoms with Gasteiger partial charge in [-0.2, -0.15) is 0 Å². The van der Waals surface area contributed by atoms with Crippen LogP contribution in [0.2, 0.25) is 0 Å². The molecule has 0 unspecified atom stereocenters. The van der Waals surface area contributed by atoms with Gasteiger partial charge in [0, 0.05) is 34.3 Å². The summed E-state index contributed by atoms with van der Waals surface area (Å²) in [6.07, 6.45) is 1.90. The SMILES string of the molecule is C=CCN(CC(=C)C)SI. The molecule has 0 fully saturated rings. The Morgan fingerprint density at radius 3 is 2.70 bits per heavy atom. The van der Waals surface area contributed by atoms with Crippen LogP contribution in [0.15, 0.2) is 24.8 Å². The fourth-order valence-corrected chi connectivity index (χ4v) is 1.89. The summed E-state index contributed by atoms with van der Waals surface area (Å²) in [5.41, 5.74) is 1.19. The van der Waals surface area contributed by atoms with Crippen LogP contribution in [0.3, 0.4) is 0 Å². The van der Waals surface area contributed by atoms with Crippen molar-refractivity contribution >= 4 is 30.3 Å². The molecule has 0 aliphatic heterocycles. The van der Waals surface area contributed by atoms with Gasteiger partial charge in [-0.1, -0.05) is 18.2 Å². The van der Waals surface area contributed by atoms with Crippen LogP contribution in [0.4, 0.5) is 0 Å². The molecule has 0 atom stereocenters. The van der Waals surface area contributed by atoms with E-state index in [1.807, 2.05) is 13.0 Å². The molecule has 0 aliphatic rings. The third-order valence-electron chi connectivity index (χ3n) is 0.877. The first-order chi connectivity index (χ1) is 4.70. The largest absolute Gasteiger partial charge is 0.234 e. The highest BCUT2D eigenvalue weighted by Gasteiger charge is 1.99. The first kappa shape index (κ1) is 10.5. The van der Waals surface area contributed by atoms with E-state index >= 15 is 0 Å². The summed E-state index contributed by atoms with van der Waals surface area (Å²) in [6, 6.07) is 0. The average Bonchev–Trinajstić information content (AvgIpc) is 1.86. The maximum Gasteiger partial charge on any atom is 0.0305 e. The third-order valence-corrected chi connectivity index (χ3v) is 3.02. The molecule has 0 bridgehead atoms. The predicted molar refractivity (Wildman–Crippen MR) is 58.2 cm³/mol. The van der Waals surface area contributed by atoms with E-state index in [4.69, 9.17) is 0 Å². The van der Waals surface area contributed by atoms with E-state index < -0.39 is 0 Å². The lowest BCUT2D eigenvalue weighted by atomic mass is 10.3. The van der Waals surface area contributed by atoms with E-state index in [9.17, 15) is 0 Å². The van der Waals surface area contributed by atoms with Gasteiger partial charge in [0.2, 0.25) is 0 Å². The van der Waals surface area contributed by atoms with Crippen LogP contribution in [0, 0.1) is 0 Å². The van der Waals surface area contributed by atoms with E-state index in [-0.39, 0.29) is 0 Å². The van der Waals surface area contributed by atoms with Crippen LogP contribution in [0.5, 0.6) is 0 Å². The van der Waals surface area contributed by atoms with Gasteiger partial charge in [0.05, 0.1) is 0 Å². The Morgan fingerprint density at radius 2 is 2.40 bits per heavy atom. The number of hydrogen-bond donors (Lipinski definition) is 0. The van der Waals surface area contributed by atoms with Crippen LogP contribution < -0.4 is 0 Å². The Labute approximate surface area is 79.3 Å². The number of nitrogens with zero attached hydrogens (tertiary/aromatic N) is 1. The average molecular weight is 269 g/mol. The Hall–Kier alpha value is 0.520. The van der Waals surface area contributed by atoms with Gasteiger partial charge in [0.15, 0.2) is 0 Å². The van der Waals surface area contributed by atoms with Crippen molar-refractivity contribution in [2.45, 2.75) is 6.92 Å². The quantitative estimate of drug-likeness (QED) is 0.429. The van der Waals surface area contributed by atoms with E-state index in [0.717, 1.165) is 13.1 Å². The Bertz CT molecular complexity index is 125. The van der Waals surface area contributed by atoms with Crippen LogP contribution in [0.1, 0.15) is 6.92 Å². The van der Waals surface area contributed by atoms with Gasteiger partial charge in [-0.3, -0.25) is 0 Å². The molecule has 0 spiro atoms. The molecule has 0 aromatic heterocycles. The summed E-state index contributed by atoms with van der Waals surface area (Å²) in [5.74, 6) is 0. The highest BCUT2D eigenvalue weighted by Crippen LogP contribution is 2.18. The molecular weight excluding hydrogens is 257 g/mol. The number of hydrogen-bond acceptors (Lipinski definition) is 2. The first-order valence-corrected chi connectivity index (χ1v) is 6.31. The third kappa shape index (κ3) is 5.32. The second-order valence-electron chi connectivity index (χ2n) is 2.14. The molecule has 0 aliphatic carbocycles. The maximum atomic E-state index is 3.83. The zero-order valence-corrected chi connectivity index (χ0v) is 9.11. The lowest BCUT2D eigenvalue weighted by Gasteiger charge is -2.14. The van der Waals surface area contributed by atoms with Crippen molar-refractivity contribution in [2.24, 2.45) is 0 Å². The predicted octanol–water partition coefficient (Wildman–Crippen LogP) is 3.05. The van der Waals surface area contributed by atoms with Crippen LogP contribution in [0.25, 0.3) is 0 Å². The van der Waals surface area contributed by atoms with Crippen molar-refractivity contribution in [1.82, 2.24) is 4.31 Å². The van der Waals surface area contributed by atoms with Gasteiger partial charge < -0.3 is 0 Å². The Balaban J connectivity index is 3.59. The lowest BCUT2D eigenvalue weighted by Crippen LogP contribution is -2.15. The van der Waals surface area contributed by atoms with E-state index in [0.29, 0.717) is 0 Å². The van der Waals surface area contributed by atoms with Crippen molar-refractivity contribution in [1.29, 1.82) is 0 Å². The van der Waals surface area contributed by atoms with Gasteiger partial charge in [-0.25, -0.2) is 4.31 Å². The molecule has 0 N–H and O–H groups in total. The minimum absolute atomic E-state index is 0.917. The topological polar surface area (TPSA) is 3.24 Å². The minimum atomic E-state index is 0.917. The van der Waals surface area contributed by atoms with E-state index in [2.05, 4.69) is 38.7 Å². The lowest BCUT2D eigenvalue weighted by molar-refractivity contribution is 0.572. The summed E-state index contributed by atoms with van der Waals surface area (Å²) < 4.78 is 2.19. The highest BCUT2D eigenvalue weighted by atomic mass is 127. The molecule has 0 amide bonds. The molecule has 3 heteroatoms. The van der Waals surface area contributed by atoms with Crippen molar-refractivity contribution < 1.29 is 0 Å².